The minimum atomic E-state index is -0.817. The minimum absolute atomic E-state index is 0.0406. The normalized spacial score (nSPS) is 20.3. The summed E-state index contributed by atoms with van der Waals surface area (Å²) in [5.41, 5.74) is 6.00. The van der Waals surface area contributed by atoms with Gasteiger partial charge in [0.2, 0.25) is 11.8 Å². The van der Waals surface area contributed by atoms with Gasteiger partial charge in [0.1, 0.15) is 23.7 Å². The molecule has 17 nitrogen and oxygen atoms in total. The number of hydrogen-bond acceptors (Lipinski definition) is 11. The van der Waals surface area contributed by atoms with E-state index in [-0.39, 0.29) is 36.2 Å². The first-order valence-electron chi connectivity index (χ1n) is 21.2. The Balaban J connectivity index is 0.942. The predicted molar refractivity (Wildman–Crippen MR) is 228 cm³/mol. The van der Waals surface area contributed by atoms with E-state index in [1.807, 2.05) is 67.3 Å². The van der Waals surface area contributed by atoms with Crippen LogP contribution in [0.3, 0.4) is 0 Å². The lowest BCUT2D eigenvalue weighted by molar-refractivity contribution is -0.137. The number of amides is 4. The summed E-state index contributed by atoms with van der Waals surface area (Å²) in [7, 11) is 2.55. The SMILES string of the molecule is COC(=O)NC(C(=O)N1CC(O)CC1c1ncc(-c2ccc(-c3ccc4cc(-c5cnc(C6CCCN6C(=O)C(NC(=O)OC)C6CCOCC6)[nH]5)ccc4n3)cc2)[nH]1)C(C)C. The van der Waals surface area contributed by atoms with E-state index in [1.165, 1.54) is 14.2 Å². The third kappa shape index (κ3) is 8.85. The van der Waals surface area contributed by atoms with Crippen molar-refractivity contribution in [1.29, 1.82) is 0 Å². The lowest BCUT2D eigenvalue weighted by Crippen LogP contribution is -2.53. The van der Waals surface area contributed by atoms with E-state index in [2.05, 4.69) is 31.7 Å². The molecule has 3 aliphatic heterocycles. The topological polar surface area (TPSA) is 217 Å². The molecule has 5 aromatic rings. The van der Waals surface area contributed by atoms with Gasteiger partial charge in [-0.3, -0.25) is 9.59 Å². The lowest BCUT2D eigenvalue weighted by Gasteiger charge is -2.34. The summed E-state index contributed by atoms with van der Waals surface area (Å²) in [6.45, 7) is 5.48. The number of nitrogens with zero attached hydrogens (tertiary/aromatic N) is 5. The maximum Gasteiger partial charge on any atom is 0.407 e. The lowest BCUT2D eigenvalue weighted by atomic mass is 9.90. The molecule has 0 spiro atoms. The number of β-amino-alcohol motifs (C(OH)–C–C–N with tert-alkyl or cyclic N) is 1. The number of aromatic nitrogens is 5. The third-order valence-electron chi connectivity index (χ3n) is 12.3. The van der Waals surface area contributed by atoms with Crippen LogP contribution in [-0.2, 0) is 23.8 Å². The van der Waals surface area contributed by atoms with Gasteiger partial charge in [0.05, 0.1) is 67.4 Å². The van der Waals surface area contributed by atoms with Crippen LogP contribution in [0.5, 0.6) is 0 Å². The average Bonchev–Trinajstić information content (AvgIpc) is 4.14. The molecule has 3 saturated heterocycles. The summed E-state index contributed by atoms with van der Waals surface area (Å²) in [6, 6.07) is 15.8. The fourth-order valence-electron chi connectivity index (χ4n) is 8.88. The maximum absolute atomic E-state index is 14.0. The molecule has 8 rings (SSSR count). The van der Waals surface area contributed by atoms with E-state index >= 15 is 0 Å². The largest absolute Gasteiger partial charge is 0.453 e. The zero-order chi connectivity index (χ0) is 43.5. The molecule has 0 saturated carbocycles. The minimum Gasteiger partial charge on any atom is -0.453 e. The van der Waals surface area contributed by atoms with Gasteiger partial charge in [-0.15, -0.1) is 0 Å². The van der Waals surface area contributed by atoms with Crippen molar-refractivity contribution < 1.29 is 38.5 Å². The van der Waals surface area contributed by atoms with E-state index in [9.17, 15) is 24.3 Å². The number of likely N-dealkylation sites (tertiary alicyclic amines) is 2. The van der Waals surface area contributed by atoms with Crippen LogP contribution >= 0.6 is 0 Å². The smallest absolute Gasteiger partial charge is 0.407 e. The van der Waals surface area contributed by atoms with Gasteiger partial charge in [0.25, 0.3) is 0 Å². The molecular weight excluding hydrogens is 795 g/mol. The number of hydrogen-bond donors (Lipinski definition) is 5. The van der Waals surface area contributed by atoms with Gasteiger partial charge in [-0.25, -0.2) is 24.5 Å². The number of nitrogens with one attached hydrogen (secondary N) is 4. The molecule has 0 aliphatic carbocycles. The molecule has 2 aromatic carbocycles. The first kappa shape index (κ1) is 42.4. The Hall–Kier alpha value is -6.33. The number of pyridine rings is 1. The molecule has 3 aromatic heterocycles. The molecule has 62 heavy (non-hydrogen) atoms. The standard InChI is InChI=1S/C45H53N9O8/c1-25(2)38(51-44(58)60-3)42(56)54-24-31(55)21-37(54)41-47-22-34(49-41)27-9-7-26(8-10-27)32-13-11-29-20-30(12-14-33(29)48-32)35-23-46-40(50-35)36-6-5-17-53(36)43(57)39(52-45(59)61-4)28-15-18-62-19-16-28/h7-14,20,22-23,25,28,31,36-39,55H,5-6,15-19,21,24H2,1-4H3,(H,46,50)(H,47,49)(H,51,58)(H,52,59). The highest BCUT2D eigenvalue weighted by atomic mass is 16.5. The molecule has 5 N–H and O–H groups in total. The Morgan fingerprint density at radius 3 is 2.13 bits per heavy atom. The summed E-state index contributed by atoms with van der Waals surface area (Å²) < 4.78 is 15.1. The Labute approximate surface area is 359 Å². The first-order chi connectivity index (χ1) is 30.0. The van der Waals surface area contributed by atoms with Gasteiger partial charge in [-0.2, -0.15) is 0 Å². The second-order valence-electron chi connectivity index (χ2n) is 16.6. The fraction of sp³-hybridized carbons (Fsp3) is 0.444. The van der Waals surface area contributed by atoms with Crippen molar-refractivity contribution in [2.75, 3.05) is 40.5 Å². The number of aliphatic hydroxyl groups is 1. The van der Waals surface area contributed by atoms with E-state index < -0.39 is 36.4 Å². The number of aromatic amines is 2. The molecule has 0 bridgehead atoms. The monoisotopic (exact) mass is 847 g/mol. The van der Waals surface area contributed by atoms with E-state index in [1.54, 1.807) is 17.3 Å². The van der Waals surface area contributed by atoms with E-state index in [4.69, 9.17) is 24.2 Å². The highest BCUT2D eigenvalue weighted by Gasteiger charge is 2.42. The van der Waals surface area contributed by atoms with Gasteiger partial charge < -0.3 is 49.7 Å². The van der Waals surface area contributed by atoms with Crippen molar-refractivity contribution in [1.82, 2.24) is 45.4 Å². The first-order valence-corrected chi connectivity index (χ1v) is 21.2. The highest BCUT2D eigenvalue weighted by Crippen LogP contribution is 2.36. The molecule has 326 valence electrons. The van der Waals surface area contributed by atoms with Gasteiger partial charge in [-0.05, 0) is 61.3 Å². The maximum atomic E-state index is 14.0. The summed E-state index contributed by atoms with van der Waals surface area (Å²) in [4.78, 5) is 76.4. The van der Waals surface area contributed by atoms with Crippen LogP contribution in [0, 0.1) is 11.8 Å². The van der Waals surface area contributed by atoms with Crippen LogP contribution in [0.1, 0.15) is 69.7 Å². The molecule has 4 amide bonds. The van der Waals surface area contributed by atoms with E-state index in [0.717, 1.165) is 57.5 Å². The molecule has 3 aliphatic rings. The number of benzene rings is 2. The van der Waals surface area contributed by atoms with Crippen LogP contribution in [0.25, 0.3) is 44.7 Å². The van der Waals surface area contributed by atoms with Gasteiger partial charge in [0, 0.05) is 49.2 Å². The van der Waals surface area contributed by atoms with Crippen molar-refractivity contribution in [3.8, 4) is 33.8 Å². The van der Waals surface area contributed by atoms with Crippen LogP contribution in [0.2, 0.25) is 0 Å². The molecule has 5 unspecified atom stereocenters. The number of ether oxygens (including phenoxy) is 3. The fourth-order valence-corrected chi connectivity index (χ4v) is 8.88. The summed E-state index contributed by atoms with van der Waals surface area (Å²) >= 11 is 0. The number of imidazole rings is 2. The Morgan fingerprint density at radius 2 is 1.44 bits per heavy atom. The molecular formula is C45H53N9O8. The van der Waals surface area contributed by atoms with E-state index in [0.29, 0.717) is 50.7 Å². The molecule has 0 radical (unpaired) electrons. The summed E-state index contributed by atoms with van der Waals surface area (Å²) in [6.07, 6.45) is 4.74. The highest BCUT2D eigenvalue weighted by molar-refractivity contribution is 5.88. The molecule has 5 atom stereocenters. The number of methoxy groups -OCH3 is 2. The molecule has 6 heterocycles. The Bertz CT molecular complexity index is 2410. The Morgan fingerprint density at radius 1 is 0.790 bits per heavy atom. The average molecular weight is 848 g/mol. The molecule has 3 fully saturated rings. The quantitative estimate of drug-likeness (QED) is 0.112. The van der Waals surface area contributed by atoms with Crippen molar-refractivity contribution in [2.45, 2.75) is 76.2 Å². The number of alkyl carbamates (subject to hydrolysis) is 2. The Kier molecular flexibility index (Phi) is 12.5. The van der Waals surface area contributed by atoms with Crippen molar-refractivity contribution in [3.05, 3.63) is 78.6 Å². The number of H-pyrrole nitrogens is 2. The number of carbonyl (C=O) groups excluding carboxylic acids is 4. The summed E-state index contributed by atoms with van der Waals surface area (Å²) in [5, 5.41) is 17.0. The zero-order valence-corrected chi connectivity index (χ0v) is 35.3. The van der Waals surface area contributed by atoms with Crippen LogP contribution in [0.4, 0.5) is 9.59 Å². The van der Waals surface area contributed by atoms with Crippen LogP contribution in [-0.4, -0.2) is 123 Å². The van der Waals surface area contributed by atoms with Gasteiger partial charge >= 0.3 is 12.2 Å². The van der Waals surface area contributed by atoms with Crippen molar-refractivity contribution >= 4 is 34.9 Å². The second kappa shape index (κ2) is 18.3. The van der Waals surface area contributed by atoms with Crippen LogP contribution in [0.15, 0.2) is 67.0 Å². The zero-order valence-electron chi connectivity index (χ0n) is 35.3. The summed E-state index contributed by atoms with van der Waals surface area (Å²) in [5.74, 6) is 0.579. The number of aliphatic hydroxyl groups excluding tert-OH is 1. The third-order valence-corrected chi connectivity index (χ3v) is 12.3. The number of fused-ring (bicyclic) bond motifs is 1. The van der Waals surface area contributed by atoms with Gasteiger partial charge in [-0.1, -0.05) is 50.2 Å². The molecule has 17 heteroatoms. The number of rotatable bonds is 11. The van der Waals surface area contributed by atoms with Crippen molar-refractivity contribution in [2.24, 2.45) is 11.8 Å². The second-order valence-corrected chi connectivity index (χ2v) is 16.6. The predicted octanol–water partition coefficient (Wildman–Crippen LogP) is 5.51. The number of carbonyl (C=O) groups is 4. The van der Waals surface area contributed by atoms with Crippen molar-refractivity contribution in [3.63, 3.8) is 0 Å². The van der Waals surface area contributed by atoms with Gasteiger partial charge in [0.15, 0.2) is 0 Å². The van der Waals surface area contributed by atoms with Crippen LogP contribution < -0.4 is 10.6 Å².